The highest BCUT2D eigenvalue weighted by Crippen LogP contribution is 2.20. The van der Waals surface area contributed by atoms with E-state index < -0.39 is 16.0 Å². The first-order valence-corrected chi connectivity index (χ1v) is 11.0. The van der Waals surface area contributed by atoms with Crippen LogP contribution < -0.4 is 0 Å². The minimum absolute atomic E-state index is 0.0974. The molecule has 0 bridgehead atoms. The van der Waals surface area contributed by atoms with E-state index in [0.717, 1.165) is 0 Å². The number of hydrogen-bond donors (Lipinski definition) is 0. The number of benzene rings is 2. The fourth-order valence-electron chi connectivity index (χ4n) is 3.06. The second-order valence-corrected chi connectivity index (χ2v) is 8.83. The Morgan fingerprint density at radius 1 is 1.00 bits per heavy atom. The molecule has 2 aromatic carbocycles. The van der Waals surface area contributed by atoms with Crippen LogP contribution in [0.25, 0.3) is 0 Å². The Bertz CT molecular complexity index is 1000. The summed E-state index contributed by atoms with van der Waals surface area (Å²) < 4.78 is 32.0. The number of ether oxygens (including phenoxy) is 1. The third-order valence-corrected chi connectivity index (χ3v) is 6.75. The second-order valence-electron chi connectivity index (χ2n) is 6.45. The third-order valence-electron chi connectivity index (χ3n) is 4.60. The highest BCUT2D eigenvalue weighted by molar-refractivity contribution is 7.89. The number of esters is 1. The normalized spacial score (nSPS) is 15.2. The quantitative estimate of drug-likeness (QED) is 0.673. The highest BCUT2D eigenvalue weighted by atomic mass is 35.5. The van der Waals surface area contributed by atoms with E-state index in [9.17, 15) is 18.0 Å². The Kier molecular flexibility index (Phi) is 6.56. The molecular formula is C20H21ClN2O5S. The minimum atomic E-state index is -3.72. The molecule has 0 spiro atoms. The van der Waals surface area contributed by atoms with Crippen LogP contribution in [0.4, 0.5) is 0 Å². The first-order valence-electron chi connectivity index (χ1n) is 9.15. The Balaban J connectivity index is 1.66. The summed E-state index contributed by atoms with van der Waals surface area (Å²) in [4.78, 5) is 26.0. The fourth-order valence-corrected chi connectivity index (χ4v) is 4.67. The van der Waals surface area contributed by atoms with Crippen LogP contribution in [-0.4, -0.2) is 62.3 Å². The van der Waals surface area contributed by atoms with Gasteiger partial charge in [0.1, 0.15) is 0 Å². The van der Waals surface area contributed by atoms with Gasteiger partial charge >= 0.3 is 5.97 Å². The van der Waals surface area contributed by atoms with Gasteiger partial charge in [-0.3, -0.25) is 4.79 Å². The van der Waals surface area contributed by atoms with Crippen molar-refractivity contribution < 1.29 is 22.7 Å². The zero-order chi connectivity index (χ0) is 21.0. The van der Waals surface area contributed by atoms with E-state index in [-0.39, 0.29) is 43.6 Å². The van der Waals surface area contributed by atoms with E-state index in [1.807, 2.05) is 0 Å². The summed E-state index contributed by atoms with van der Waals surface area (Å²) in [6, 6.07) is 12.3. The number of nitrogens with zero attached hydrogens (tertiary/aromatic N) is 2. The van der Waals surface area contributed by atoms with Crippen LogP contribution in [-0.2, 0) is 14.8 Å². The lowest BCUT2D eigenvalue weighted by atomic mass is 10.2. The van der Waals surface area contributed by atoms with Gasteiger partial charge in [-0.05, 0) is 49.4 Å². The van der Waals surface area contributed by atoms with Gasteiger partial charge in [0.25, 0.3) is 5.91 Å². The second kappa shape index (κ2) is 8.94. The Morgan fingerprint density at radius 3 is 2.24 bits per heavy atom. The van der Waals surface area contributed by atoms with Crippen LogP contribution in [0.15, 0.2) is 53.4 Å². The van der Waals surface area contributed by atoms with Gasteiger partial charge in [0, 0.05) is 36.8 Å². The van der Waals surface area contributed by atoms with Crippen molar-refractivity contribution in [2.45, 2.75) is 11.8 Å². The summed E-state index contributed by atoms with van der Waals surface area (Å²) in [6.45, 7) is 2.89. The van der Waals surface area contributed by atoms with E-state index in [1.165, 1.54) is 28.6 Å². The maximum Gasteiger partial charge on any atom is 0.338 e. The van der Waals surface area contributed by atoms with Crippen molar-refractivity contribution in [1.82, 2.24) is 9.21 Å². The van der Waals surface area contributed by atoms with Crippen molar-refractivity contribution in [2.75, 3.05) is 32.8 Å². The molecule has 0 saturated carbocycles. The molecule has 1 heterocycles. The average molecular weight is 437 g/mol. The summed E-state index contributed by atoms with van der Waals surface area (Å²) >= 11 is 5.94. The summed E-state index contributed by atoms with van der Waals surface area (Å²) in [5.41, 5.74) is 0.770. The first-order chi connectivity index (χ1) is 13.8. The van der Waals surface area contributed by atoms with Gasteiger partial charge in [0.05, 0.1) is 17.1 Å². The Morgan fingerprint density at radius 2 is 1.66 bits per heavy atom. The van der Waals surface area contributed by atoms with Gasteiger partial charge in [0.15, 0.2) is 0 Å². The molecule has 7 nitrogen and oxygen atoms in total. The van der Waals surface area contributed by atoms with Crippen molar-refractivity contribution in [3.63, 3.8) is 0 Å². The lowest BCUT2D eigenvalue weighted by Gasteiger charge is -2.34. The minimum Gasteiger partial charge on any atom is -0.462 e. The van der Waals surface area contributed by atoms with Crippen LogP contribution in [0.2, 0.25) is 5.02 Å². The molecule has 1 fully saturated rings. The molecule has 0 N–H and O–H groups in total. The number of carbonyl (C=O) groups excluding carboxylic acids is 2. The lowest BCUT2D eigenvalue weighted by molar-refractivity contribution is 0.0526. The van der Waals surface area contributed by atoms with E-state index in [4.69, 9.17) is 16.3 Å². The molecule has 3 rings (SSSR count). The zero-order valence-electron chi connectivity index (χ0n) is 15.9. The van der Waals surface area contributed by atoms with Crippen molar-refractivity contribution in [3.8, 4) is 0 Å². The van der Waals surface area contributed by atoms with Crippen LogP contribution in [0.5, 0.6) is 0 Å². The van der Waals surface area contributed by atoms with Gasteiger partial charge in [-0.25, -0.2) is 13.2 Å². The number of sulfonamides is 1. The maximum atomic E-state index is 12.9. The molecular weight excluding hydrogens is 416 g/mol. The van der Waals surface area contributed by atoms with Crippen molar-refractivity contribution >= 4 is 33.5 Å². The fraction of sp³-hybridized carbons (Fsp3) is 0.300. The van der Waals surface area contributed by atoms with E-state index >= 15 is 0 Å². The van der Waals surface area contributed by atoms with Crippen LogP contribution in [0, 0.1) is 0 Å². The molecule has 0 unspecified atom stereocenters. The molecule has 29 heavy (non-hydrogen) atoms. The molecule has 1 aliphatic rings. The zero-order valence-corrected chi connectivity index (χ0v) is 17.4. The van der Waals surface area contributed by atoms with Crippen molar-refractivity contribution in [1.29, 1.82) is 0 Å². The molecule has 1 amide bonds. The van der Waals surface area contributed by atoms with Gasteiger partial charge in [-0.2, -0.15) is 4.31 Å². The van der Waals surface area contributed by atoms with E-state index in [0.29, 0.717) is 16.1 Å². The van der Waals surface area contributed by atoms with Crippen LogP contribution in [0.3, 0.4) is 0 Å². The van der Waals surface area contributed by atoms with Crippen molar-refractivity contribution in [2.24, 2.45) is 0 Å². The molecule has 1 saturated heterocycles. The number of carbonyl (C=O) groups is 2. The molecule has 154 valence electrons. The van der Waals surface area contributed by atoms with Gasteiger partial charge in [0.2, 0.25) is 10.0 Å². The average Bonchev–Trinajstić information content (AvgIpc) is 2.73. The number of halogens is 1. The predicted octanol–water partition coefficient (Wildman–Crippen LogP) is 2.66. The van der Waals surface area contributed by atoms with E-state index in [1.54, 1.807) is 36.1 Å². The van der Waals surface area contributed by atoms with Gasteiger partial charge in [-0.15, -0.1) is 0 Å². The predicted molar refractivity (Wildman–Crippen MR) is 109 cm³/mol. The first kappa shape index (κ1) is 21.3. The summed E-state index contributed by atoms with van der Waals surface area (Å²) in [7, 11) is -3.72. The molecule has 9 heteroatoms. The lowest BCUT2D eigenvalue weighted by Crippen LogP contribution is -2.50. The summed E-state index contributed by atoms with van der Waals surface area (Å²) in [6.07, 6.45) is 0. The number of piperazine rings is 1. The topological polar surface area (TPSA) is 84.0 Å². The Hall–Kier alpha value is -2.42. The Labute approximate surface area is 174 Å². The van der Waals surface area contributed by atoms with Gasteiger partial charge in [-0.1, -0.05) is 17.7 Å². The molecule has 0 atom stereocenters. The summed E-state index contributed by atoms with van der Waals surface area (Å²) in [5, 5.41) is 0.475. The molecule has 1 aliphatic heterocycles. The van der Waals surface area contributed by atoms with Crippen molar-refractivity contribution in [3.05, 3.63) is 64.7 Å². The maximum absolute atomic E-state index is 12.9. The molecule has 2 aromatic rings. The van der Waals surface area contributed by atoms with E-state index in [2.05, 4.69) is 0 Å². The molecule has 0 radical (unpaired) electrons. The SMILES string of the molecule is CCOC(=O)c1ccc(S(=O)(=O)N2CCN(C(=O)c3cccc(Cl)c3)CC2)cc1. The van der Waals surface area contributed by atoms with Crippen LogP contribution >= 0.6 is 11.6 Å². The largest absolute Gasteiger partial charge is 0.462 e. The van der Waals surface area contributed by atoms with Gasteiger partial charge < -0.3 is 9.64 Å². The standard InChI is InChI=1S/C20H21ClN2O5S/c1-2-28-20(25)15-6-8-18(9-7-15)29(26,27)23-12-10-22(11-13-23)19(24)16-4-3-5-17(21)14-16/h3-9,14H,2,10-13H2,1H3. The monoisotopic (exact) mass is 436 g/mol. The smallest absolute Gasteiger partial charge is 0.338 e. The third kappa shape index (κ3) is 4.77. The number of amides is 1. The summed E-state index contributed by atoms with van der Waals surface area (Å²) in [5.74, 6) is -0.673. The highest BCUT2D eigenvalue weighted by Gasteiger charge is 2.30. The number of rotatable bonds is 5. The van der Waals surface area contributed by atoms with Crippen LogP contribution in [0.1, 0.15) is 27.6 Å². The molecule has 0 aromatic heterocycles. The number of hydrogen-bond acceptors (Lipinski definition) is 5. The molecule has 0 aliphatic carbocycles.